The quantitative estimate of drug-likeness (QED) is 0.846. The Balaban J connectivity index is 2.48. The SMILES string of the molecule is CSCCn1ccc2c(C(N)=S)cccc21. The van der Waals surface area contributed by atoms with E-state index in [0.29, 0.717) is 4.99 Å². The van der Waals surface area contributed by atoms with Gasteiger partial charge in [0.25, 0.3) is 0 Å². The highest BCUT2D eigenvalue weighted by atomic mass is 32.2. The Bertz CT molecular complexity index is 517. The van der Waals surface area contributed by atoms with Gasteiger partial charge >= 0.3 is 0 Å². The molecule has 0 spiro atoms. The zero-order valence-electron chi connectivity index (χ0n) is 9.14. The van der Waals surface area contributed by atoms with Crippen LogP contribution in [-0.2, 0) is 6.54 Å². The van der Waals surface area contributed by atoms with E-state index in [4.69, 9.17) is 18.0 Å². The molecular formula is C12H14N2S2. The van der Waals surface area contributed by atoms with E-state index in [9.17, 15) is 0 Å². The van der Waals surface area contributed by atoms with E-state index < -0.39 is 0 Å². The third kappa shape index (κ3) is 2.08. The highest BCUT2D eigenvalue weighted by molar-refractivity contribution is 7.98. The van der Waals surface area contributed by atoms with Gasteiger partial charge in [-0.3, -0.25) is 0 Å². The molecule has 0 radical (unpaired) electrons. The molecule has 2 aromatic rings. The van der Waals surface area contributed by atoms with E-state index in [0.717, 1.165) is 23.2 Å². The van der Waals surface area contributed by atoms with E-state index in [-0.39, 0.29) is 0 Å². The predicted molar refractivity (Wildman–Crippen MR) is 76.2 cm³/mol. The van der Waals surface area contributed by atoms with Crippen LogP contribution in [0.1, 0.15) is 5.56 Å². The van der Waals surface area contributed by atoms with Crippen molar-refractivity contribution in [2.45, 2.75) is 6.54 Å². The highest BCUT2D eigenvalue weighted by Gasteiger charge is 2.06. The average Bonchev–Trinajstić information content (AvgIpc) is 2.69. The maximum atomic E-state index is 5.71. The van der Waals surface area contributed by atoms with Crippen LogP contribution in [0.4, 0.5) is 0 Å². The first-order chi connectivity index (χ1) is 7.74. The number of thiocarbonyl (C=S) groups is 1. The number of fused-ring (bicyclic) bond motifs is 1. The Labute approximate surface area is 105 Å². The van der Waals surface area contributed by atoms with Crippen molar-refractivity contribution in [1.82, 2.24) is 4.57 Å². The second-order valence-electron chi connectivity index (χ2n) is 3.60. The molecule has 1 aromatic heterocycles. The van der Waals surface area contributed by atoms with Gasteiger partial charge in [-0.2, -0.15) is 11.8 Å². The molecule has 0 saturated heterocycles. The Hall–Kier alpha value is -1.00. The average molecular weight is 250 g/mol. The largest absolute Gasteiger partial charge is 0.389 e. The monoisotopic (exact) mass is 250 g/mol. The van der Waals surface area contributed by atoms with Gasteiger partial charge in [0.15, 0.2) is 0 Å². The fourth-order valence-corrected chi connectivity index (χ4v) is 2.38. The van der Waals surface area contributed by atoms with Crippen molar-refractivity contribution in [2.24, 2.45) is 5.73 Å². The van der Waals surface area contributed by atoms with Gasteiger partial charge in [-0.25, -0.2) is 0 Å². The zero-order valence-corrected chi connectivity index (χ0v) is 10.8. The number of aromatic nitrogens is 1. The summed E-state index contributed by atoms with van der Waals surface area (Å²) in [4.78, 5) is 0.466. The molecule has 0 atom stereocenters. The molecule has 4 heteroatoms. The summed E-state index contributed by atoms with van der Waals surface area (Å²) in [6.07, 6.45) is 4.22. The van der Waals surface area contributed by atoms with Crippen LogP contribution < -0.4 is 5.73 Å². The number of benzene rings is 1. The molecule has 1 heterocycles. The minimum Gasteiger partial charge on any atom is -0.389 e. The molecule has 2 rings (SSSR count). The van der Waals surface area contributed by atoms with Gasteiger partial charge in [0.1, 0.15) is 4.99 Å². The van der Waals surface area contributed by atoms with Crippen molar-refractivity contribution in [3.8, 4) is 0 Å². The summed E-state index contributed by atoms with van der Waals surface area (Å²) in [5.74, 6) is 1.11. The van der Waals surface area contributed by atoms with Gasteiger partial charge in [-0.05, 0) is 18.4 Å². The minimum absolute atomic E-state index is 0.466. The van der Waals surface area contributed by atoms with Crippen LogP contribution in [0.3, 0.4) is 0 Å². The molecule has 0 amide bonds. The lowest BCUT2D eigenvalue weighted by Crippen LogP contribution is -2.09. The smallest absolute Gasteiger partial charge is 0.104 e. The molecule has 16 heavy (non-hydrogen) atoms. The number of nitrogens with two attached hydrogens (primary N) is 1. The van der Waals surface area contributed by atoms with Crippen LogP contribution in [0.25, 0.3) is 10.9 Å². The Morgan fingerprint density at radius 1 is 1.44 bits per heavy atom. The number of aryl methyl sites for hydroxylation is 1. The lowest BCUT2D eigenvalue weighted by Gasteiger charge is -2.05. The van der Waals surface area contributed by atoms with E-state index >= 15 is 0 Å². The summed E-state index contributed by atoms with van der Waals surface area (Å²) in [7, 11) is 0. The summed E-state index contributed by atoms with van der Waals surface area (Å²) < 4.78 is 2.24. The third-order valence-electron chi connectivity index (χ3n) is 2.62. The van der Waals surface area contributed by atoms with Crippen molar-refractivity contribution >= 4 is 39.9 Å². The molecule has 84 valence electrons. The van der Waals surface area contributed by atoms with Gasteiger partial charge < -0.3 is 10.3 Å². The molecule has 0 aliphatic heterocycles. The van der Waals surface area contributed by atoms with Gasteiger partial charge in [-0.15, -0.1) is 0 Å². The lowest BCUT2D eigenvalue weighted by molar-refractivity contribution is 0.808. The van der Waals surface area contributed by atoms with E-state index in [2.05, 4.69) is 29.2 Å². The minimum atomic E-state index is 0.466. The summed E-state index contributed by atoms with van der Waals surface area (Å²) >= 11 is 6.90. The molecule has 2 N–H and O–H groups in total. The van der Waals surface area contributed by atoms with Gasteiger partial charge in [0.2, 0.25) is 0 Å². The summed E-state index contributed by atoms with van der Waals surface area (Å²) in [5.41, 5.74) is 7.88. The Kier molecular flexibility index (Phi) is 3.51. The van der Waals surface area contributed by atoms with Crippen LogP contribution in [-0.4, -0.2) is 21.6 Å². The Morgan fingerprint density at radius 2 is 2.25 bits per heavy atom. The van der Waals surface area contributed by atoms with Crippen LogP contribution in [0.5, 0.6) is 0 Å². The Morgan fingerprint density at radius 3 is 2.94 bits per heavy atom. The first-order valence-corrected chi connectivity index (χ1v) is 6.91. The van der Waals surface area contributed by atoms with Gasteiger partial charge in [-0.1, -0.05) is 24.4 Å². The number of nitrogens with zero attached hydrogens (tertiary/aromatic N) is 1. The summed E-state index contributed by atoms with van der Waals surface area (Å²) in [5, 5.41) is 1.15. The maximum absolute atomic E-state index is 5.71. The first kappa shape index (κ1) is 11.5. The van der Waals surface area contributed by atoms with Crippen LogP contribution in [0.2, 0.25) is 0 Å². The predicted octanol–water partition coefficient (Wildman–Crippen LogP) is 2.64. The molecule has 0 saturated carbocycles. The fourth-order valence-electron chi connectivity index (χ4n) is 1.82. The van der Waals surface area contributed by atoms with E-state index in [1.165, 1.54) is 5.52 Å². The van der Waals surface area contributed by atoms with Gasteiger partial charge in [0.05, 0.1) is 0 Å². The van der Waals surface area contributed by atoms with Crippen LogP contribution in [0, 0.1) is 0 Å². The highest BCUT2D eigenvalue weighted by Crippen LogP contribution is 2.20. The van der Waals surface area contributed by atoms with E-state index in [1.54, 1.807) is 0 Å². The number of thioether (sulfide) groups is 1. The molecule has 0 bridgehead atoms. The molecule has 0 aliphatic rings. The molecule has 2 nitrogen and oxygen atoms in total. The van der Waals surface area contributed by atoms with Crippen molar-refractivity contribution in [3.63, 3.8) is 0 Å². The summed E-state index contributed by atoms with van der Waals surface area (Å²) in [6.45, 7) is 1.02. The lowest BCUT2D eigenvalue weighted by atomic mass is 10.1. The topological polar surface area (TPSA) is 30.9 Å². The van der Waals surface area contributed by atoms with E-state index in [1.807, 2.05) is 23.9 Å². The second kappa shape index (κ2) is 4.89. The maximum Gasteiger partial charge on any atom is 0.104 e. The molecular weight excluding hydrogens is 236 g/mol. The standard InChI is InChI=1S/C12H14N2S2/c1-16-8-7-14-6-5-9-10(12(13)15)3-2-4-11(9)14/h2-6H,7-8H2,1H3,(H2,13,15). The number of hydrogen-bond acceptors (Lipinski definition) is 2. The molecule has 0 unspecified atom stereocenters. The first-order valence-electron chi connectivity index (χ1n) is 5.10. The van der Waals surface area contributed by atoms with Crippen molar-refractivity contribution in [3.05, 3.63) is 36.0 Å². The van der Waals surface area contributed by atoms with Crippen LogP contribution >= 0.6 is 24.0 Å². The number of rotatable bonds is 4. The molecule has 1 aromatic carbocycles. The summed E-state index contributed by atoms with van der Waals surface area (Å²) in [6, 6.07) is 8.18. The third-order valence-corrected chi connectivity index (χ3v) is 3.43. The fraction of sp³-hybridized carbons (Fsp3) is 0.250. The van der Waals surface area contributed by atoms with Gasteiger partial charge in [0, 0.05) is 35.0 Å². The van der Waals surface area contributed by atoms with Crippen molar-refractivity contribution in [2.75, 3.05) is 12.0 Å². The van der Waals surface area contributed by atoms with Crippen LogP contribution in [0.15, 0.2) is 30.5 Å². The molecule has 0 aliphatic carbocycles. The van der Waals surface area contributed by atoms with Crippen molar-refractivity contribution < 1.29 is 0 Å². The second-order valence-corrected chi connectivity index (χ2v) is 5.03. The zero-order chi connectivity index (χ0) is 11.5. The number of hydrogen-bond donors (Lipinski definition) is 1. The molecule has 0 fully saturated rings. The van der Waals surface area contributed by atoms with Crippen molar-refractivity contribution in [1.29, 1.82) is 0 Å². The normalized spacial score (nSPS) is 10.8.